The molecule has 2 unspecified atom stereocenters. The van der Waals surface area contributed by atoms with E-state index in [1.807, 2.05) is 11.8 Å². The highest BCUT2D eigenvalue weighted by Gasteiger charge is 2.27. The molecule has 16 heavy (non-hydrogen) atoms. The van der Waals surface area contributed by atoms with Gasteiger partial charge in [-0.2, -0.15) is 11.8 Å². The number of thioether (sulfide) groups is 1. The molecule has 0 saturated carbocycles. The number of aromatic nitrogens is 3. The minimum absolute atomic E-state index is 0.219. The number of aliphatic hydroxyl groups excluding tert-OH is 1. The maximum Gasteiger partial charge on any atom is 0.146 e. The Labute approximate surface area is 99.4 Å². The fourth-order valence-corrected chi connectivity index (χ4v) is 3.83. The second kappa shape index (κ2) is 4.37. The molecule has 2 aliphatic rings. The first-order valence-electron chi connectivity index (χ1n) is 6.06. The van der Waals surface area contributed by atoms with Gasteiger partial charge in [0.15, 0.2) is 0 Å². The summed E-state index contributed by atoms with van der Waals surface area (Å²) < 4.78 is 2.23. The predicted molar refractivity (Wildman–Crippen MR) is 63.4 cm³/mol. The molecule has 1 fully saturated rings. The Kier molecular flexibility index (Phi) is 2.90. The zero-order valence-electron chi connectivity index (χ0n) is 9.30. The number of hydrogen-bond donors (Lipinski definition) is 1. The summed E-state index contributed by atoms with van der Waals surface area (Å²) in [5, 5.41) is 18.7. The van der Waals surface area contributed by atoms with Crippen molar-refractivity contribution < 1.29 is 5.11 Å². The summed E-state index contributed by atoms with van der Waals surface area (Å²) in [6.07, 6.45) is 5.16. The van der Waals surface area contributed by atoms with Crippen LogP contribution in [0.15, 0.2) is 0 Å². The fourth-order valence-electron chi connectivity index (χ4n) is 2.52. The van der Waals surface area contributed by atoms with E-state index in [-0.39, 0.29) is 6.10 Å². The van der Waals surface area contributed by atoms with Crippen molar-refractivity contribution in [1.82, 2.24) is 14.8 Å². The van der Waals surface area contributed by atoms with Crippen LogP contribution in [0, 0.1) is 0 Å². The first kappa shape index (κ1) is 10.6. The average Bonchev–Trinajstić information content (AvgIpc) is 2.73. The van der Waals surface area contributed by atoms with Gasteiger partial charge in [0.05, 0.1) is 11.4 Å². The quantitative estimate of drug-likeness (QED) is 0.807. The van der Waals surface area contributed by atoms with Crippen LogP contribution in [0.1, 0.15) is 42.6 Å². The molecule has 1 N–H and O–H groups in total. The molecule has 5 heteroatoms. The molecule has 3 heterocycles. The van der Waals surface area contributed by atoms with Crippen LogP contribution in [0.25, 0.3) is 0 Å². The molecule has 0 bridgehead atoms. The van der Waals surface area contributed by atoms with E-state index in [2.05, 4.69) is 14.8 Å². The van der Waals surface area contributed by atoms with Crippen molar-refractivity contribution in [2.24, 2.45) is 0 Å². The van der Waals surface area contributed by atoms with Gasteiger partial charge < -0.3 is 9.67 Å². The largest absolute Gasteiger partial charge is 0.393 e. The Balaban J connectivity index is 1.85. The van der Waals surface area contributed by atoms with Gasteiger partial charge in [-0.25, -0.2) is 0 Å². The van der Waals surface area contributed by atoms with E-state index in [0.717, 1.165) is 24.6 Å². The van der Waals surface area contributed by atoms with Gasteiger partial charge in [0.25, 0.3) is 0 Å². The third kappa shape index (κ3) is 1.86. The topological polar surface area (TPSA) is 50.9 Å². The van der Waals surface area contributed by atoms with Crippen LogP contribution in [0.3, 0.4) is 0 Å². The molecule has 3 rings (SSSR count). The normalized spacial score (nSPS) is 30.1. The Morgan fingerprint density at radius 2 is 2.19 bits per heavy atom. The molecular weight excluding hydrogens is 222 g/mol. The SMILES string of the molecule is OC1CCn2c(nnc2C2CCCCS2)C1. The van der Waals surface area contributed by atoms with Gasteiger partial charge in [-0.05, 0) is 25.0 Å². The zero-order valence-corrected chi connectivity index (χ0v) is 10.1. The zero-order chi connectivity index (χ0) is 11.0. The van der Waals surface area contributed by atoms with Crippen LogP contribution in [0.2, 0.25) is 0 Å². The molecule has 88 valence electrons. The minimum Gasteiger partial charge on any atom is -0.393 e. The summed E-state index contributed by atoms with van der Waals surface area (Å²) in [6, 6.07) is 0. The third-order valence-corrected chi connectivity index (χ3v) is 4.80. The molecule has 2 atom stereocenters. The number of rotatable bonds is 1. The van der Waals surface area contributed by atoms with Crippen molar-refractivity contribution in [3.8, 4) is 0 Å². The molecular formula is C11H17N3OS. The van der Waals surface area contributed by atoms with E-state index in [1.165, 1.54) is 25.0 Å². The van der Waals surface area contributed by atoms with Crippen LogP contribution >= 0.6 is 11.8 Å². The smallest absolute Gasteiger partial charge is 0.146 e. The van der Waals surface area contributed by atoms with Crippen LogP contribution < -0.4 is 0 Å². The molecule has 0 spiro atoms. The standard InChI is InChI=1S/C11H17N3OS/c15-8-4-5-14-10(7-8)12-13-11(14)9-3-1-2-6-16-9/h8-9,15H,1-7H2. The lowest BCUT2D eigenvalue weighted by atomic mass is 10.1. The fraction of sp³-hybridized carbons (Fsp3) is 0.818. The van der Waals surface area contributed by atoms with E-state index in [0.29, 0.717) is 11.7 Å². The molecule has 1 saturated heterocycles. The Bertz CT molecular complexity index is 373. The van der Waals surface area contributed by atoms with Gasteiger partial charge in [-0.3, -0.25) is 0 Å². The van der Waals surface area contributed by atoms with Crippen molar-refractivity contribution in [2.45, 2.75) is 50.0 Å². The summed E-state index contributed by atoms with van der Waals surface area (Å²) >= 11 is 2.01. The average molecular weight is 239 g/mol. The van der Waals surface area contributed by atoms with Crippen LogP contribution in [-0.2, 0) is 13.0 Å². The van der Waals surface area contributed by atoms with E-state index >= 15 is 0 Å². The second-order valence-electron chi connectivity index (χ2n) is 4.63. The van der Waals surface area contributed by atoms with Gasteiger partial charge in [0.1, 0.15) is 11.6 Å². The molecule has 1 aromatic heterocycles. The number of fused-ring (bicyclic) bond motifs is 1. The Morgan fingerprint density at radius 3 is 3.00 bits per heavy atom. The third-order valence-electron chi connectivity index (χ3n) is 3.43. The maximum absolute atomic E-state index is 9.59. The van der Waals surface area contributed by atoms with Crippen LogP contribution in [0.5, 0.6) is 0 Å². The lowest BCUT2D eigenvalue weighted by Gasteiger charge is -2.24. The molecule has 0 aromatic carbocycles. The van der Waals surface area contributed by atoms with Crippen molar-refractivity contribution in [3.05, 3.63) is 11.6 Å². The highest BCUT2D eigenvalue weighted by molar-refractivity contribution is 7.99. The van der Waals surface area contributed by atoms with E-state index in [4.69, 9.17) is 0 Å². The summed E-state index contributed by atoms with van der Waals surface area (Å²) in [7, 11) is 0. The number of nitrogens with zero attached hydrogens (tertiary/aromatic N) is 3. The lowest BCUT2D eigenvalue weighted by molar-refractivity contribution is 0.141. The van der Waals surface area contributed by atoms with Crippen LogP contribution in [0.4, 0.5) is 0 Å². The summed E-state index contributed by atoms with van der Waals surface area (Å²) in [5.41, 5.74) is 0. The molecule has 0 aliphatic carbocycles. The van der Waals surface area contributed by atoms with Gasteiger partial charge in [0, 0.05) is 13.0 Å². The van der Waals surface area contributed by atoms with Crippen molar-refractivity contribution in [1.29, 1.82) is 0 Å². The number of aliphatic hydroxyl groups is 1. The summed E-state index contributed by atoms with van der Waals surface area (Å²) in [5.74, 6) is 3.36. The summed E-state index contributed by atoms with van der Waals surface area (Å²) in [4.78, 5) is 0. The summed E-state index contributed by atoms with van der Waals surface area (Å²) in [6.45, 7) is 0.885. The van der Waals surface area contributed by atoms with Gasteiger partial charge >= 0.3 is 0 Å². The first-order valence-corrected chi connectivity index (χ1v) is 7.11. The van der Waals surface area contributed by atoms with Gasteiger partial charge in [-0.15, -0.1) is 10.2 Å². The molecule has 0 amide bonds. The van der Waals surface area contributed by atoms with Gasteiger partial charge in [-0.1, -0.05) is 6.42 Å². The monoisotopic (exact) mass is 239 g/mol. The lowest BCUT2D eigenvalue weighted by Crippen LogP contribution is -2.25. The van der Waals surface area contributed by atoms with Crippen molar-refractivity contribution in [2.75, 3.05) is 5.75 Å². The highest BCUT2D eigenvalue weighted by Crippen LogP contribution is 2.38. The van der Waals surface area contributed by atoms with Gasteiger partial charge in [0.2, 0.25) is 0 Å². The van der Waals surface area contributed by atoms with E-state index in [9.17, 15) is 5.11 Å². The van der Waals surface area contributed by atoms with Crippen molar-refractivity contribution in [3.63, 3.8) is 0 Å². The van der Waals surface area contributed by atoms with E-state index < -0.39 is 0 Å². The molecule has 2 aliphatic heterocycles. The molecule has 1 aromatic rings. The predicted octanol–water partition coefficient (Wildman–Crippen LogP) is 1.54. The maximum atomic E-state index is 9.59. The van der Waals surface area contributed by atoms with E-state index in [1.54, 1.807) is 0 Å². The number of hydrogen-bond acceptors (Lipinski definition) is 4. The molecule has 0 radical (unpaired) electrons. The highest BCUT2D eigenvalue weighted by atomic mass is 32.2. The Hall–Kier alpha value is -0.550. The minimum atomic E-state index is -0.219. The Morgan fingerprint density at radius 1 is 1.25 bits per heavy atom. The van der Waals surface area contributed by atoms with Crippen LogP contribution in [-0.4, -0.2) is 31.7 Å². The van der Waals surface area contributed by atoms with Crippen molar-refractivity contribution >= 4 is 11.8 Å². The second-order valence-corrected chi connectivity index (χ2v) is 5.94. The molecule has 4 nitrogen and oxygen atoms in total. The first-order chi connectivity index (χ1) is 7.84.